The third-order valence-electron chi connectivity index (χ3n) is 5.57. The summed E-state index contributed by atoms with van der Waals surface area (Å²) < 4.78 is 30.7. The number of nitrogens with one attached hydrogen (secondary N) is 3. The summed E-state index contributed by atoms with van der Waals surface area (Å²) in [5, 5.41) is 17.9. The summed E-state index contributed by atoms with van der Waals surface area (Å²) in [5.41, 5.74) is 0.685. The fourth-order valence-electron chi connectivity index (χ4n) is 3.85. The smallest absolute Gasteiger partial charge is 0.356 e. The lowest BCUT2D eigenvalue weighted by Gasteiger charge is -2.17. The van der Waals surface area contributed by atoms with E-state index in [1.807, 2.05) is 0 Å². The number of rotatable bonds is 8. The van der Waals surface area contributed by atoms with Crippen LogP contribution in [0.1, 0.15) is 10.5 Å². The van der Waals surface area contributed by atoms with E-state index in [-0.39, 0.29) is 45.4 Å². The molecule has 0 fully saturated rings. The van der Waals surface area contributed by atoms with Crippen LogP contribution in [-0.2, 0) is 0 Å². The molecule has 0 saturated carbocycles. The van der Waals surface area contributed by atoms with E-state index in [9.17, 15) is 19.1 Å². The van der Waals surface area contributed by atoms with Gasteiger partial charge in [0, 0.05) is 37.0 Å². The van der Waals surface area contributed by atoms with E-state index in [0.29, 0.717) is 17.8 Å². The van der Waals surface area contributed by atoms with Gasteiger partial charge in [-0.2, -0.15) is 0 Å². The summed E-state index contributed by atoms with van der Waals surface area (Å²) in [6.45, 7) is 0.605. The van der Waals surface area contributed by atoms with Gasteiger partial charge in [-0.3, -0.25) is 4.57 Å². The molecule has 0 unspecified atom stereocenters. The van der Waals surface area contributed by atoms with Crippen molar-refractivity contribution in [3.05, 3.63) is 88.0 Å². The molecule has 1 aromatic heterocycles. The van der Waals surface area contributed by atoms with Crippen molar-refractivity contribution >= 4 is 40.9 Å². The summed E-state index contributed by atoms with van der Waals surface area (Å²) in [5.74, 6) is -2.81. The second-order valence-electron chi connectivity index (χ2n) is 7.95. The van der Waals surface area contributed by atoms with Crippen LogP contribution < -0.4 is 16.0 Å². The van der Waals surface area contributed by atoms with E-state index in [1.165, 1.54) is 41.9 Å². The Bertz CT molecular complexity index is 1530. The van der Waals surface area contributed by atoms with Gasteiger partial charge in [-0.15, -0.1) is 0 Å². The molecule has 4 rings (SSSR count). The molecular weight excluding hydrogens is 539 g/mol. The number of aromatic carboxylic acids is 1. The zero-order chi connectivity index (χ0) is 27.4. The lowest BCUT2D eigenvalue weighted by molar-refractivity contribution is 0.0692. The van der Waals surface area contributed by atoms with Crippen LogP contribution in [0, 0.1) is 11.6 Å². The van der Waals surface area contributed by atoms with E-state index < -0.39 is 23.3 Å². The molecule has 3 aromatic carbocycles. The Morgan fingerprint density at radius 1 is 1.00 bits per heavy atom. The lowest BCUT2D eigenvalue weighted by Crippen LogP contribution is -2.35. The minimum atomic E-state index is -1.39. The van der Waals surface area contributed by atoms with Gasteiger partial charge in [-0.25, -0.2) is 23.4 Å². The number of amides is 2. The average Bonchev–Trinajstić information content (AvgIpc) is 3.30. The van der Waals surface area contributed by atoms with Gasteiger partial charge < -0.3 is 21.1 Å². The molecule has 0 bridgehead atoms. The Hall–Kier alpha value is -4.15. The molecule has 38 heavy (non-hydrogen) atoms. The van der Waals surface area contributed by atoms with Crippen molar-refractivity contribution < 1.29 is 23.5 Å². The number of nitrogens with zero attached hydrogens (tertiary/aromatic N) is 2. The second-order valence-corrected chi connectivity index (χ2v) is 8.77. The van der Waals surface area contributed by atoms with Crippen molar-refractivity contribution in [3.8, 4) is 28.3 Å². The highest BCUT2D eigenvalue weighted by atomic mass is 35.5. The van der Waals surface area contributed by atoms with Crippen molar-refractivity contribution in [1.29, 1.82) is 0 Å². The molecule has 8 nitrogen and oxygen atoms in total. The Kier molecular flexibility index (Phi) is 8.13. The number of carbonyl (C=O) groups is 2. The SMILES string of the molecule is CNC(=O)NCCNc1ccccc1-c1nc(C(=O)O)c(-c2ccc(F)c(Cl)c2)n1-c1cccc(Cl)c1F. The maximum Gasteiger partial charge on any atom is 0.356 e. The van der Waals surface area contributed by atoms with Gasteiger partial charge in [0.25, 0.3) is 0 Å². The van der Waals surface area contributed by atoms with Crippen LogP contribution in [-0.4, -0.2) is 46.8 Å². The Labute approximate surface area is 226 Å². The first-order valence-electron chi connectivity index (χ1n) is 11.3. The molecule has 1 heterocycles. The molecule has 0 aliphatic heterocycles. The van der Waals surface area contributed by atoms with Crippen LogP contribution >= 0.6 is 23.2 Å². The first-order chi connectivity index (χ1) is 18.2. The number of carboxylic acid groups (broad SMARTS) is 1. The third kappa shape index (κ3) is 5.41. The van der Waals surface area contributed by atoms with Gasteiger partial charge in [0.15, 0.2) is 11.5 Å². The van der Waals surface area contributed by atoms with Gasteiger partial charge in [-0.05, 0) is 42.5 Å². The molecule has 4 N–H and O–H groups in total. The lowest BCUT2D eigenvalue weighted by atomic mass is 10.1. The van der Waals surface area contributed by atoms with Crippen LogP contribution in [0.3, 0.4) is 0 Å². The van der Waals surface area contributed by atoms with E-state index in [1.54, 1.807) is 24.3 Å². The summed E-state index contributed by atoms with van der Waals surface area (Å²) >= 11 is 12.1. The zero-order valence-electron chi connectivity index (χ0n) is 19.9. The molecule has 4 aromatic rings. The van der Waals surface area contributed by atoms with Crippen molar-refractivity contribution in [1.82, 2.24) is 20.2 Å². The van der Waals surface area contributed by atoms with Gasteiger partial charge in [-0.1, -0.05) is 41.4 Å². The van der Waals surface area contributed by atoms with E-state index in [2.05, 4.69) is 20.9 Å². The Morgan fingerprint density at radius 2 is 1.76 bits per heavy atom. The summed E-state index contributed by atoms with van der Waals surface area (Å²) in [6, 6.07) is 14.5. The molecule has 0 aliphatic rings. The molecule has 0 spiro atoms. The molecule has 0 saturated heterocycles. The largest absolute Gasteiger partial charge is 0.476 e. The number of hydrogen-bond acceptors (Lipinski definition) is 4. The summed E-state index contributed by atoms with van der Waals surface area (Å²) in [6.07, 6.45) is 0. The number of imidazole rings is 1. The van der Waals surface area contributed by atoms with Crippen LogP contribution in [0.4, 0.5) is 19.3 Å². The van der Waals surface area contributed by atoms with E-state index in [4.69, 9.17) is 23.2 Å². The fraction of sp³-hybridized carbons (Fsp3) is 0.115. The minimum absolute atomic E-state index is 0.0216. The maximum absolute atomic E-state index is 15.4. The number of halogens is 4. The summed E-state index contributed by atoms with van der Waals surface area (Å²) in [7, 11) is 1.50. The van der Waals surface area contributed by atoms with E-state index in [0.717, 1.165) is 6.07 Å². The first-order valence-corrected chi connectivity index (χ1v) is 12.0. The van der Waals surface area contributed by atoms with Crippen LogP contribution in [0.2, 0.25) is 10.0 Å². The number of carbonyl (C=O) groups excluding carboxylic acids is 1. The second kappa shape index (κ2) is 11.5. The van der Waals surface area contributed by atoms with Gasteiger partial charge >= 0.3 is 12.0 Å². The van der Waals surface area contributed by atoms with Gasteiger partial charge in [0.1, 0.15) is 11.6 Å². The zero-order valence-corrected chi connectivity index (χ0v) is 21.4. The Balaban J connectivity index is 1.95. The molecule has 2 amide bonds. The normalized spacial score (nSPS) is 10.8. The van der Waals surface area contributed by atoms with Gasteiger partial charge in [0.2, 0.25) is 0 Å². The van der Waals surface area contributed by atoms with Crippen molar-refractivity contribution in [2.24, 2.45) is 0 Å². The maximum atomic E-state index is 15.4. The number of aromatic nitrogens is 2. The number of anilines is 1. The molecule has 196 valence electrons. The van der Waals surface area contributed by atoms with Gasteiger partial charge in [0.05, 0.1) is 21.4 Å². The third-order valence-corrected chi connectivity index (χ3v) is 6.15. The highest BCUT2D eigenvalue weighted by Gasteiger charge is 2.28. The number of urea groups is 1. The average molecular weight is 560 g/mol. The molecule has 0 radical (unpaired) electrons. The molecule has 0 atom stereocenters. The van der Waals surface area contributed by atoms with Crippen molar-refractivity contribution in [2.75, 3.05) is 25.5 Å². The highest BCUT2D eigenvalue weighted by Crippen LogP contribution is 2.38. The van der Waals surface area contributed by atoms with Crippen molar-refractivity contribution in [2.45, 2.75) is 0 Å². The topological polar surface area (TPSA) is 108 Å². The number of para-hydroxylation sites is 1. The molecule has 12 heteroatoms. The minimum Gasteiger partial charge on any atom is -0.476 e. The first kappa shape index (κ1) is 26.9. The molecule has 0 aliphatic carbocycles. The monoisotopic (exact) mass is 559 g/mol. The van der Waals surface area contributed by atoms with Crippen LogP contribution in [0.15, 0.2) is 60.7 Å². The summed E-state index contributed by atoms with van der Waals surface area (Å²) in [4.78, 5) is 28.2. The number of hydrogen-bond donors (Lipinski definition) is 4. The van der Waals surface area contributed by atoms with Crippen molar-refractivity contribution in [3.63, 3.8) is 0 Å². The predicted molar refractivity (Wildman–Crippen MR) is 142 cm³/mol. The fourth-order valence-corrected chi connectivity index (χ4v) is 4.20. The highest BCUT2D eigenvalue weighted by molar-refractivity contribution is 6.31. The number of benzene rings is 3. The predicted octanol–water partition coefficient (Wildman–Crippen LogP) is 5.83. The quantitative estimate of drug-likeness (QED) is 0.203. The number of carboxylic acids is 1. The van der Waals surface area contributed by atoms with Crippen LogP contribution in [0.5, 0.6) is 0 Å². The molecular formula is C26H21Cl2F2N5O3. The van der Waals surface area contributed by atoms with E-state index >= 15 is 4.39 Å². The standard InChI is InChI=1S/C26H21Cl2F2N5O3/c1-31-26(38)33-12-11-32-19-7-3-2-5-15(19)24-34-22(25(36)37)23(14-9-10-18(29)17(28)13-14)35(24)20-8-4-6-16(27)21(20)30/h2-10,13,32H,11-12H2,1H3,(H,36,37)(H2,31,33,38). The van der Waals surface area contributed by atoms with Crippen LogP contribution in [0.25, 0.3) is 28.3 Å². The Morgan fingerprint density at radius 3 is 2.47 bits per heavy atom.